The Labute approximate surface area is 90.7 Å². The van der Waals surface area contributed by atoms with Gasteiger partial charge in [-0.25, -0.2) is 4.79 Å². The van der Waals surface area contributed by atoms with Crippen molar-refractivity contribution in [1.82, 2.24) is 5.32 Å². The van der Waals surface area contributed by atoms with E-state index in [0.29, 0.717) is 0 Å². The van der Waals surface area contributed by atoms with Gasteiger partial charge >= 0.3 is 5.97 Å². The number of carbonyl (C=O) groups excluding carboxylic acids is 1. The first kappa shape index (κ1) is 14.1. The number of nitrogens with two attached hydrogens (primary N) is 1. The Kier molecular flexibility index (Phi) is 6.11. The zero-order valence-electron chi connectivity index (χ0n) is 8.73. The molecule has 15 heavy (non-hydrogen) atoms. The van der Waals surface area contributed by atoms with Crippen LogP contribution in [-0.4, -0.2) is 45.3 Å². The van der Waals surface area contributed by atoms with Crippen LogP contribution in [0.1, 0.15) is 13.3 Å². The molecule has 88 valence electrons. The fraction of sp³-hybridized carbons (Fsp3) is 0.750. The summed E-state index contributed by atoms with van der Waals surface area (Å²) in [5, 5.41) is 11.0. The minimum atomic E-state index is -1.14. The molecule has 7 heteroatoms. The van der Waals surface area contributed by atoms with Gasteiger partial charge in [0.2, 0.25) is 5.91 Å². The first-order valence-corrected chi connectivity index (χ1v) is 6.16. The Morgan fingerprint density at radius 2 is 2.07 bits per heavy atom. The second-order valence-electron chi connectivity index (χ2n) is 3.25. The van der Waals surface area contributed by atoms with Gasteiger partial charge in [0.05, 0.1) is 6.04 Å². The van der Waals surface area contributed by atoms with E-state index in [1.54, 1.807) is 0 Å². The third-order valence-corrected chi connectivity index (χ3v) is 2.53. The molecule has 3 atom stereocenters. The molecule has 0 aromatic carbocycles. The third-order valence-electron chi connectivity index (χ3n) is 1.72. The molecule has 4 N–H and O–H groups in total. The first-order chi connectivity index (χ1) is 6.84. The smallest absolute Gasteiger partial charge is 0.326 e. The molecule has 1 amide bonds. The molecule has 0 aromatic rings. The molecule has 0 heterocycles. The zero-order valence-corrected chi connectivity index (χ0v) is 9.54. The minimum absolute atomic E-state index is 0.136. The number of hydrogen-bond donors (Lipinski definition) is 3. The van der Waals surface area contributed by atoms with Crippen molar-refractivity contribution in [3.05, 3.63) is 0 Å². The summed E-state index contributed by atoms with van der Waals surface area (Å²) in [4.78, 5) is 21.8. The number of carboxylic acid groups (broad SMARTS) is 1. The van der Waals surface area contributed by atoms with Gasteiger partial charge in [-0.3, -0.25) is 9.00 Å². The highest BCUT2D eigenvalue weighted by molar-refractivity contribution is 7.84. The Bertz CT molecular complexity index is 267. The van der Waals surface area contributed by atoms with E-state index < -0.39 is 34.8 Å². The van der Waals surface area contributed by atoms with Crippen LogP contribution in [0.3, 0.4) is 0 Å². The van der Waals surface area contributed by atoms with Crippen molar-refractivity contribution in [3.8, 4) is 0 Å². The summed E-state index contributed by atoms with van der Waals surface area (Å²) < 4.78 is 10.8. The molecule has 0 bridgehead atoms. The molecule has 0 aliphatic carbocycles. The van der Waals surface area contributed by atoms with E-state index in [2.05, 4.69) is 5.32 Å². The van der Waals surface area contributed by atoms with Crippen LogP contribution in [0, 0.1) is 0 Å². The maximum Gasteiger partial charge on any atom is 0.326 e. The summed E-state index contributed by atoms with van der Waals surface area (Å²) >= 11 is 0. The molecule has 0 spiro atoms. The van der Waals surface area contributed by atoms with E-state index in [9.17, 15) is 13.8 Å². The quantitative estimate of drug-likeness (QED) is 0.529. The number of aliphatic carboxylic acids is 1. The van der Waals surface area contributed by atoms with E-state index >= 15 is 0 Å². The molecular weight excluding hydrogens is 220 g/mol. The van der Waals surface area contributed by atoms with Crippen molar-refractivity contribution in [3.63, 3.8) is 0 Å². The highest BCUT2D eigenvalue weighted by Crippen LogP contribution is 1.95. The molecule has 0 aliphatic rings. The van der Waals surface area contributed by atoms with E-state index in [0.717, 1.165) is 0 Å². The predicted octanol–water partition coefficient (Wildman–Crippen LogP) is -1.33. The maximum absolute atomic E-state index is 11.1. The van der Waals surface area contributed by atoms with Gasteiger partial charge in [0.25, 0.3) is 0 Å². The minimum Gasteiger partial charge on any atom is -0.480 e. The molecule has 0 saturated carbocycles. The van der Waals surface area contributed by atoms with Crippen molar-refractivity contribution in [2.75, 3.05) is 12.0 Å². The van der Waals surface area contributed by atoms with Crippen LogP contribution in [0.4, 0.5) is 0 Å². The van der Waals surface area contributed by atoms with Crippen LogP contribution in [0.15, 0.2) is 0 Å². The van der Waals surface area contributed by atoms with Crippen LogP contribution >= 0.6 is 0 Å². The third kappa shape index (κ3) is 6.19. The average Bonchev–Trinajstić information content (AvgIpc) is 2.10. The summed E-state index contributed by atoms with van der Waals surface area (Å²) in [5.41, 5.74) is 5.28. The number of hydrogen-bond acceptors (Lipinski definition) is 4. The van der Waals surface area contributed by atoms with Crippen LogP contribution in [0.25, 0.3) is 0 Å². The number of carbonyl (C=O) groups is 2. The zero-order chi connectivity index (χ0) is 12.0. The van der Waals surface area contributed by atoms with Gasteiger partial charge in [-0.2, -0.15) is 0 Å². The summed E-state index contributed by atoms with van der Waals surface area (Å²) in [6.07, 6.45) is 1.61. The van der Waals surface area contributed by atoms with Crippen LogP contribution in [-0.2, 0) is 20.4 Å². The van der Waals surface area contributed by atoms with Gasteiger partial charge in [0.1, 0.15) is 6.04 Å². The lowest BCUT2D eigenvalue weighted by Gasteiger charge is -2.15. The number of carboxylic acids is 1. The highest BCUT2D eigenvalue weighted by Gasteiger charge is 2.21. The lowest BCUT2D eigenvalue weighted by atomic mass is 10.2. The lowest BCUT2D eigenvalue weighted by Crippen LogP contribution is -2.47. The Morgan fingerprint density at radius 3 is 2.40 bits per heavy atom. The average molecular weight is 236 g/mol. The van der Waals surface area contributed by atoms with Crippen molar-refractivity contribution >= 4 is 22.7 Å². The van der Waals surface area contributed by atoms with E-state index in [4.69, 9.17) is 10.8 Å². The molecule has 0 aliphatic heterocycles. The molecule has 0 rings (SSSR count). The first-order valence-electron chi connectivity index (χ1n) is 4.43. The largest absolute Gasteiger partial charge is 0.480 e. The van der Waals surface area contributed by atoms with E-state index in [1.807, 2.05) is 0 Å². The number of rotatable bonds is 6. The normalized spacial score (nSPS) is 16.5. The molecular formula is C8H16N2O4S. The molecule has 1 unspecified atom stereocenters. The van der Waals surface area contributed by atoms with Gasteiger partial charge in [-0.05, 0) is 13.3 Å². The molecule has 0 fully saturated rings. The Morgan fingerprint density at radius 1 is 1.53 bits per heavy atom. The van der Waals surface area contributed by atoms with Crippen molar-refractivity contribution < 1.29 is 18.9 Å². The van der Waals surface area contributed by atoms with Crippen molar-refractivity contribution in [1.29, 1.82) is 0 Å². The number of nitrogens with one attached hydrogen (secondary N) is 1. The second-order valence-corrected chi connectivity index (χ2v) is 4.81. The fourth-order valence-corrected chi connectivity index (χ4v) is 1.41. The highest BCUT2D eigenvalue weighted by atomic mass is 32.2. The lowest BCUT2D eigenvalue weighted by molar-refractivity contribution is -0.142. The molecule has 0 radical (unpaired) electrons. The van der Waals surface area contributed by atoms with Crippen molar-refractivity contribution in [2.45, 2.75) is 25.4 Å². The van der Waals surface area contributed by atoms with E-state index in [1.165, 1.54) is 13.2 Å². The van der Waals surface area contributed by atoms with Gasteiger partial charge in [-0.15, -0.1) is 0 Å². The SMILES string of the molecule is C[C@H](N)C(=O)N[C@@H](CCS(C)=O)C(=O)O. The van der Waals surface area contributed by atoms with Gasteiger partial charge in [0.15, 0.2) is 0 Å². The molecule has 0 saturated heterocycles. The second kappa shape index (κ2) is 6.52. The predicted molar refractivity (Wildman–Crippen MR) is 56.8 cm³/mol. The Hall–Kier alpha value is -0.950. The summed E-state index contributed by atoms with van der Waals surface area (Å²) in [6, 6.07) is -1.77. The standard InChI is InChI=1S/C8H16N2O4S/c1-5(9)7(11)10-6(8(12)13)3-4-15(2)14/h5-6H,3-4,9H2,1-2H3,(H,10,11)(H,12,13)/t5-,6-,15?/m0/s1. The van der Waals surface area contributed by atoms with Gasteiger partial charge < -0.3 is 16.2 Å². The van der Waals surface area contributed by atoms with Crippen LogP contribution in [0.2, 0.25) is 0 Å². The molecule has 6 nitrogen and oxygen atoms in total. The summed E-state index contributed by atoms with van der Waals surface area (Å²) in [6.45, 7) is 1.46. The van der Waals surface area contributed by atoms with Gasteiger partial charge in [-0.1, -0.05) is 0 Å². The summed E-state index contributed by atoms with van der Waals surface area (Å²) in [7, 11) is -1.07. The number of amides is 1. The fourth-order valence-electron chi connectivity index (χ4n) is 0.844. The topological polar surface area (TPSA) is 109 Å². The van der Waals surface area contributed by atoms with Crippen LogP contribution in [0.5, 0.6) is 0 Å². The Balaban J connectivity index is 4.22. The molecule has 0 aromatic heterocycles. The monoisotopic (exact) mass is 236 g/mol. The van der Waals surface area contributed by atoms with Crippen LogP contribution < -0.4 is 11.1 Å². The van der Waals surface area contributed by atoms with E-state index in [-0.39, 0.29) is 12.2 Å². The summed E-state index contributed by atoms with van der Waals surface area (Å²) in [5.74, 6) is -1.44. The maximum atomic E-state index is 11.1. The van der Waals surface area contributed by atoms with Crippen molar-refractivity contribution in [2.24, 2.45) is 5.73 Å². The van der Waals surface area contributed by atoms with Gasteiger partial charge in [0, 0.05) is 22.8 Å².